The van der Waals surface area contributed by atoms with Crippen molar-refractivity contribution in [1.82, 2.24) is 14.8 Å². The Balaban J connectivity index is 2.26. The summed E-state index contributed by atoms with van der Waals surface area (Å²) in [5.74, 6) is -0.202. The summed E-state index contributed by atoms with van der Waals surface area (Å²) in [6.45, 7) is 3.69. The third kappa shape index (κ3) is 2.19. The molecule has 0 saturated heterocycles. The summed E-state index contributed by atoms with van der Waals surface area (Å²) in [6.07, 6.45) is 1.69. The first-order chi connectivity index (χ1) is 7.99. The van der Waals surface area contributed by atoms with Crippen LogP contribution in [0.4, 0.5) is 5.69 Å². The summed E-state index contributed by atoms with van der Waals surface area (Å²) in [4.78, 5) is 12.0. The van der Waals surface area contributed by atoms with Crippen LogP contribution in [0.1, 0.15) is 21.9 Å². The van der Waals surface area contributed by atoms with E-state index >= 15 is 0 Å². The maximum absolute atomic E-state index is 12.0. The third-order valence-corrected chi connectivity index (χ3v) is 2.78. The molecule has 0 fully saturated rings. The Bertz CT molecular complexity index is 551. The molecule has 2 rings (SSSR count). The lowest BCUT2D eigenvalue weighted by Gasteiger charge is -2.05. The van der Waals surface area contributed by atoms with E-state index in [0.29, 0.717) is 16.4 Å². The standard InChI is InChI=1S/C11H13ClN4O/c1-6-10(7(2)15-14-6)13-11(17)9-4-8(12)5-16(9)3/h4-5H,1-3H3,(H,13,17)(H,14,15). The van der Waals surface area contributed by atoms with E-state index in [9.17, 15) is 4.79 Å². The minimum absolute atomic E-state index is 0.202. The topological polar surface area (TPSA) is 62.7 Å². The number of carbonyl (C=O) groups excluding carboxylic acids is 1. The second kappa shape index (κ2) is 4.25. The van der Waals surface area contributed by atoms with E-state index in [1.165, 1.54) is 0 Å². The molecule has 0 bridgehead atoms. The number of H-pyrrole nitrogens is 1. The summed E-state index contributed by atoms with van der Waals surface area (Å²) < 4.78 is 1.68. The van der Waals surface area contributed by atoms with Crippen molar-refractivity contribution in [2.45, 2.75) is 13.8 Å². The van der Waals surface area contributed by atoms with Crippen LogP contribution in [0.25, 0.3) is 0 Å². The number of aromatic nitrogens is 3. The summed E-state index contributed by atoms with van der Waals surface area (Å²) in [7, 11) is 1.77. The second-order valence-electron chi connectivity index (χ2n) is 3.92. The van der Waals surface area contributed by atoms with Gasteiger partial charge >= 0.3 is 0 Å². The molecule has 2 N–H and O–H groups in total. The summed E-state index contributed by atoms with van der Waals surface area (Å²) in [5.41, 5.74) is 2.81. The van der Waals surface area contributed by atoms with Crippen molar-refractivity contribution in [3.8, 4) is 0 Å². The number of nitrogens with zero attached hydrogens (tertiary/aromatic N) is 2. The van der Waals surface area contributed by atoms with Gasteiger partial charge < -0.3 is 9.88 Å². The first kappa shape index (κ1) is 11.7. The molecule has 0 unspecified atom stereocenters. The molecular formula is C11H13ClN4O. The van der Waals surface area contributed by atoms with Crippen molar-refractivity contribution in [2.75, 3.05) is 5.32 Å². The van der Waals surface area contributed by atoms with Gasteiger partial charge in [-0.3, -0.25) is 9.89 Å². The van der Waals surface area contributed by atoms with Crippen LogP contribution in [0.3, 0.4) is 0 Å². The molecule has 0 aliphatic heterocycles. The fourth-order valence-electron chi connectivity index (χ4n) is 1.66. The number of nitrogens with one attached hydrogen (secondary N) is 2. The zero-order valence-corrected chi connectivity index (χ0v) is 10.6. The van der Waals surface area contributed by atoms with Crippen LogP contribution in [0, 0.1) is 13.8 Å². The molecule has 5 nitrogen and oxygen atoms in total. The van der Waals surface area contributed by atoms with Crippen LogP contribution in [-0.2, 0) is 7.05 Å². The van der Waals surface area contributed by atoms with Gasteiger partial charge in [0.1, 0.15) is 5.69 Å². The van der Waals surface area contributed by atoms with Crippen LogP contribution in [0.5, 0.6) is 0 Å². The molecule has 90 valence electrons. The lowest BCUT2D eigenvalue weighted by atomic mass is 10.3. The molecule has 2 aromatic rings. The number of halogens is 1. The maximum atomic E-state index is 12.0. The fraction of sp³-hybridized carbons (Fsp3) is 0.273. The van der Waals surface area contributed by atoms with Crippen molar-refractivity contribution in [1.29, 1.82) is 0 Å². The highest BCUT2D eigenvalue weighted by atomic mass is 35.5. The molecule has 2 aromatic heterocycles. The normalized spacial score (nSPS) is 10.6. The predicted octanol–water partition coefficient (Wildman–Crippen LogP) is 2.27. The van der Waals surface area contributed by atoms with Gasteiger partial charge in [0.05, 0.1) is 22.1 Å². The largest absolute Gasteiger partial charge is 0.345 e. The van der Waals surface area contributed by atoms with Crippen LogP contribution in [-0.4, -0.2) is 20.7 Å². The van der Waals surface area contributed by atoms with Crippen molar-refractivity contribution >= 4 is 23.2 Å². The molecular weight excluding hydrogens is 240 g/mol. The Morgan fingerprint density at radius 3 is 2.71 bits per heavy atom. The highest BCUT2D eigenvalue weighted by Crippen LogP contribution is 2.19. The molecule has 2 heterocycles. The molecule has 0 saturated carbocycles. The molecule has 0 radical (unpaired) electrons. The summed E-state index contributed by atoms with van der Waals surface area (Å²) >= 11 is 5.83. The van der Waals surface area contributed by atoms with Crippen molar-refractivity contribution < 1.29 is 4.79 Å². The number of carbonyl (C=O) groups is 1. The van der Waals surface area contributed by atoms with E-state index in [4.69, 9.17) is 11.6 Å². The second-order valence-corrected chi connectivity index (χ2v) is 4.35. The minimum Gasteiger partial charge on any atom is -0.345 e. The molecule has 0 aliphatic rings. The van der Waals surface area contributed by atoms with Gasteiger partial charge in [-0.1, -0.05) is 11.6 Å². The number of amides is 1. The van der Waals surface area contributed by atoms with E-state index in [2.05, 4.69) is 15.5 Å². The average Bonchev–Trinajstić information content (AvgIpc) is 2.74. The highest BCUT2D eigenvalue weighted by molar-refractivity contribution is 6.31. The molecule has 0 aliphatic carbocycles. The Labute approximate surface area is 104 Å². The number of aromatic amines is 1. The average molecular weight is 253 g/mol. The van der Waals surface area contributed by atoms with Crippen molar-refractivity contribution in [3.05, 3.63) is 34.4 Å². The number of aryl methyl sites for hydroxylation is 3. The quantitative estimate of drug-likeness (QED) is 0.861. The number of anilines is 1. The van der Waals surface area contributed by atoms with Gasteiger partial charge in [-0.2, -0.15) is 5.10 Å². The van der Waals surface area contributed by atoms with Crippen molar-refractivity contribution in [2.24, 2.45) is 7.05 Å². The van der Waals surface area contributed by atoms with E-state index in [0.717, 1.165) is 11.4 Å². The lowest BCUT2D eigenvalue weighted by Crippen LogP contribution is -2.16. The van der Waals surface area contributed by atoms with Crippen LogP contribution >= 0.6 is 11.6 Å². The van der Waals surface area contributed by atoms with Gasteiger partial charge in [-0.25, -0.2) is 0 Å². The van der Waals surface area contributed by atoms with Gasteiger partial charge in [0, 0.05) is 13.2 Å². The first-order valence-corrected chi connectivity index (χ1v) is 5.51. The van der Waals surface area contributed by atoms with E-state index in [-0.39, 0.29) is 5.91 Å². The number of hydrogen-bond donors (Lipinski definition) is 2. The first-order valence-electron chi connectivity index (χ1n) is 5.14. The van der Waals surface area contributed by atoms with Crippen LogP contribution in [0.2, 0.25) is 5.02 Å². The maximum Gasteiger partial charge on any atom is 0.272 e. The molecule has 17 heavy (non-hydrogen) atoms. The van der Waals surface area contributed by atoms with E-state index < -0.39 is 0 Å². The summed E-state index contributed by atoms with van der Waals surface area (Å²) in [6, 6.07) is 1.63. The Morgan fingerprint density at radius 2 is 2.24 bits per heavy atom. The van der Waals surface area contributed by atoms with E-state index in [1.807, 2.05) is 13.8 Å². The summed E-state index contributed by atoms with van der Waals surface area (Å²) in [5, 5.41) is 10.2. The highest BCUT2D eigenvalue weighted by Gasteiger charge is 2.14. The Kier molecular flexibility index (Phi) is 2.93. The fourth-order valence-corrected chi connectivity index (χ4v) is 1.91. The zero-order valence-electron chi connectivity index (χ0n) is 9.84. The van der Waals surface area contributed by atoms with E-state index in [1.54, 1.807) is 23.9 Å². The Morgan fingerprint density at radius 1 is 1.53 bits per heavy atom. The molecule has 1 amide bonds. The Hall–Kier alpha value is -1.75. The van der Waals surface area contributed by atoms with Gasteiger partial charge in [0.15, 0.2) is 0 Å². The lowest BCUT2D eigenvalue weighted by molar-refractivity contribution is 0.101. The number of rotatable bonds is 2. The monoisotopic (exact) mass is 252 g/mol. The van der Waals surface area contributed by atoms with Crippen LogP contribution in [0.15, 0.2) is 12.3 Å². The van der Waals surface area contributed by atoms with Gasteiger partial charge in [-0.15, -0.1) is 0 Å². The van der Waals surface area contributed by atoms with Crippen molar-refractivity contribution in [3.63, 3.8) is 0 Å². The van der Waals surface area contributed by atoms with Gasteiger partial charge in [0.2, 0.25) is 0 Å². The molecule has 0 aromatic carbocycles. The smallest absolute Gasteiger partial charge is 0.272 e. The third-order valence-electron chi connectivity index (χ3n) is 2.57. The molecule has 0 spiro atoms. The predicted molar refractivity (Wildman–Crippen MR) is 66.4 cm³/mol. The van der Waals surface area contributed by atoms with Gasteiger partial charge in [-0.05, 0) is 19.9 Å². The van der Waals surface area contributed by atoms with Gasteiger partial charge in [0.25, 0.3) is 5.91 Å². The number of hydrogen-bond acceptors (Lipinski definition) is 2. The zero-order chi connectivity index (χ0) is 12.6. The molecule has 6 heteroatoms. The SMILES string of the molecule is Cc1n[nH]c(C)c1NC(=O)c1cc(Cl)cn1C. The van der Waals surface area contributed by atoms with Crippen LogP contribution < -0.4 is 5.32 Å². The molecule has 0 atom stereocenters. The minimum atomic E-state index is -0.202.